The number of hydrogen-bond acceptors (Lipinski definition) is 5. The van der Waals surface area contributed by atoms with Crippen molar-refractivity contribution in [3.8, 4) is 0 Å². The average Bonchev–Trinajstić information content (AvgIpc) is 3.12. The minimum Gasteiger partial charge on any atom is -0.465 e. The Bertz CT molecular complexity index is 827. The van der Waals surface area contributed by atoms with E-state index in [0.29, 0.717) is 18.5 Å². The van der Waals surface area contributed by atoms with Crippen molar-refractivity contribution < 1.29 is 19.4 Å². The third-order valence-electron chi connectivity index (χ3n) is 10.7. The summed E-state index contributed by atoms with van der Waals surface area (Å²) < 4.78 is 5.20. The van der Waals surface area contributed by atoms with Crippen LogP contribution in [-0.4, -0.2) is 62.2 Å². The molecular formula is C48H100N4O4. The molecule has 0 fully saturated rings. The smallest absolute Gasteiger partial charge is 0.407 e. The van der Waals surface area contributed by atoms with Crippen molar-refractivity contribution in [1.82, 2.24) is 21.3 Å². The van der Waals surface area contributed by atoms with Gasteiger partial charge >= 0.3 is 12.2 Å². The van der Waals surface area contributed by atoms with Crippen LogP contribution >= 0.6 is 0 Å². The van der Waals surface area contributed by atoms with Gasteiger partial charge in [-0.05, 0) is 96.8 Å². The highest BCUT2D eigenvalue weighted by Crippen LogP contribution is 2.34. The zero-order valence-electron chi connectivity index (χ0n) is 39.0. The van der Waals surface area contributed by atoms with Crippen LogP contribution in [0.3, 0.4) is 0 Å². The summed E-state index contributed by atoms with van der Waals surface area (Å²) >= 11 is 0. The predicted molar refractivity (Wildman–Crippen MR) is 244 cm³/mol. The van der Waals surface area contributed by atoms with E-state index in [9.17, 15) is 9.59 Å². The normalized spacial score (nSPS) is 12.2. The minimum absolute atomic E-state index is 0.320. The Morgan fingerprint density at radius 3 is 1.14 bits per heavy atom. The van der Waals surface area contributed by atoms with Crippen LogP contribution in [0.4, 0.5) is 9.59 Å². The number of rotatable bonds is 38. The van der Waals surface area contributed by atoms with E-state index in [1.54, 1.807) is 0 Å². The highest BCUT2D eigenvalue weighted by Gasteiger charge is 2.23. The Morgan fingerprint density at radius 1 is 0.446 bits per heavy atom. The first kappa shape index (κ1) is 56.6. The van der Waals surface area contributed by atoms with Gasteiger partial charge < -0.3 is 31.1 Å². The first-order valence-electron chi connectivity index (χ1n) is 24.2. The minimum atomic E-state index is -0.930. The Kier molecular flexibility index (Phi) is 42.0. The third-order valence-corrected chi connectivity index (χ3v) is 10.7. The van der Waals surface area contributed by atoms with Gasteiger partial charge in [-0.2, -0.15) is 0 Å². The van der Waals surface area contributed by atoms with E-state index in [1.807, 2.05) is 20.8 Å². The highest BCUT2D eigenvalue weighted by atomic mass is 16.6. The maximum absolute atomic E-state index is 11.5. The summed E-state index contributed by atoms with van der Waals surface area (Å²) in [5.41, 5.74) is -0.00764. The molecule has 0 saturated heterocycles. The van der Waals surface area contributed by atoms with E-state index in [2.05, 4.69) is 55.9 Å². The van der Waals surface area contributed by atoms with E-state index in [0.717, 1.165) is 44.9 Å². The second-order valence-corrected chi connectivity index (χ2v) is 18.6. The fraction of sp³-hybridized carbons (Fsp3) is 0.958. The van der Waals surface area contributed by atoms with E-state index < -0.39 is 11.7 Å². The molecule has 0 radical (unpaired) electrons. The van der Waals surface area contributed by atoms with Crippen molar-refractivity contribution in [2.75, 3.05) is 39.3 Å². The zero-order valence-corrected chi connectivity index (χ0v) is 39.0. The largest absolute Gasteiger partial charge is 0.465 e. The lowest BCUT2D eigenvalue weighted by Crippen LogP contribution is -2.34. The summed E-state index contributed by atoms with van der Waals surface area (Å²) in [6.45, 7) is 22.6. The molecule has 0 heterocycles. The molecule has 0 rings (SSSR count). The van der Waals surface area contributed by atoms with Crippen molar-refractivity contribution in [1.29, 1.82) is 0 Å². The summed E-state index contributed by atoms with van der Waals surface area (Å²) in [6, 6.07) is 0. The second-order valence-electron chi connectivity index (χ2n) is 18.6. The van der Waals surface area contributed by atoms with Gasteiger partial charge in [0.15, 0.2) is 0 Å². The van der Waals surface area contributed by atoms with Gasteiger partial charge in [0.25, 0.3) is 0 Å². The van der Waals surface area contributed by atoms with Crippen LogP contribution in [0.25, 0.3) is 0 Å². The lowest BCUT2D eigenvalue weighted by atomic mass is 9.75. The number of carbonyl (C=O) groups is 2. The van der Waals surface area contributed by atoms with Gasteiger partial charge in [0.1, 0.15) is 5.60 Å². The van der Waals surface area contributed by atoms with Crippen LogP contribution in [-0.2, 0) is 4.74 Å². The molecule has 8 nitrogen and oxygen atoms in total. The molecule has 0 spiro atoms. The SMILES string of the molecule is CCCCCCCCCCCC(CCCCNCCCNC(=O)O)C(C)(C)C.CCCCCCCCCCCCCCCCNCCCNC(=O)OC(C)(C)C. The fourth-order valence-corrected chi connectivity index (χ4v) is 7.17. The van der Waals surface area contributed by atoms with E-state index in [-0.39, 0.29) is 6.09 Å². The molecule has 0 aromatic heterocycles. The monoisotopic (exact) mass is 797 g/mol. The van der Waals surface area contributed by atoms with Crippen molar-refractivity contribution in [3.63, 3.8) is 0 Å². The lowest BCUT2D eigenvalue weighted by molar-refractivity contribution is 0.0527. The number of alkyl carbamates (subject to hydrolysis) is 1. The van der Waals surface area contributed by atoms with Crippen molar-refractivity contribution in [2.24, 2.45) is 11.3 Å². The Labute approximate surface area is 349 Å². The van der Waals surface area contributed by atoms with Gasteiger partial charge in [-0.15, -0.1) is 0 Å². The highest BCUT2D eigenvalue weighted by molar-refractivity contribution is 5.67. The average molecular weight is 797 g/mol. The third kappa shape index (κ3) is 48.6. The maximum atomic E-state index is 11.5. The predicted octanol–water partition coefficient (Wildman–Crippen LogP) is 14.0. The van der Waals surface area contributed by atoms with Crippen LogP contribution in [0.1, 0.15) is 242 Å². The molecule has 1 unspecified atom stereocenters. The molecule has 0 aliphatic heterocycles. The summed E-state index contributed by atoms with van der Waals surface area (Å²) in [5.74, 6) is 0.830. The second kappa shape index (κ2) is 41.6. The molecule has 8 heteroatoms. The standard InChI is InChI=1S/2C24H50N2O2/c1-5-6-7-8-9-10-11-12-13-17-22(24(2,3)4)18-14-15-19-25-20-16-21-26-23(27)28;1-5-6-7-8-9-10-11-12-13-14-15-16-17-18-20-25-21-19-22-26-23(27)28-24(2,3)4/h22,25-26H,5-21H2,1-4H3,(H,27,28);25H,5-22H2,1-4H3,(H,26,27). The number of amides is 2. The van der Waals surface area contributed by atoms with Crippen LogP contribution in [0.5, 0.6) is 0 Å². The number of carbonyl (C=O) groups excluding carboxylic acids is 1. The quantitative estimate of drug-likeness (QED) is 0.0398. The topological polar surface area (TPSA) is 112 Å². The summed E-state index contributed by atoms with van der Waals surface area (Å²) in [7, 11) is 0. The molecule has 1 atom stereocenters. The number of carboxylic acid groups (broad SMARTS) is 1. The summed E-state index contributed by atoms with van der Waals surface area (Å²) in [4.78, 5) is 21.8. The molecule has 336 valence electrons. The van der Waals surface area contributed by atoms with Gasteiger partial charge in [-0.1, -0.05) is 182 Å². The molecule has 0 aromatic carbocycles. The molecule has 0 aliphatic rings. The van der Waals surface area contributed by atoms with Gasteiger partial charge in [0.05, 0.1) is 0 Å². The molecule has 0 aromatic rings. The van der Waals surface area contributed by atoms with E-state index in [1.165, 1.54) is 173 Å². The number of nitrogens with one attached hydrogen (secondary N) is 4. The van der Waals surface area contributed by atoms with Gasteiger partial charge in [-0.25, -0.2) is 9.59 Å². The van der Waals surface area contributed by atoms with Crippen LogP contribution < -0.4 is 21.3 Å². The van der Waals surface area contributed by atoms with Gasteiger partial charge in [-0.3, -0.25) is 0 Å². The van der Waals surface area contributed by atoms with Crippen molar-refractivity contribution in [2.45, 2.75) is 247 Å². The number of unbranched alkanes of at least 4 members (excludes halogenated alkanes) is 22. The summed E-state index contributed by atoms with van der Waals surface area (Å²) in [5, 5.41) is 20.6. The van der Waals surface area contributed by atoms with Crippen LogP contribution in [0, 0.1) is 11.3 Å². The summed E-state index contributed by atoms with van der Waals surface area (Å²) in [6.07, 6.45) is 38.1. The Hall–Kier alpha value is -1.54. The van der Waals surface area contributed by atoms with Gasteiger partial charge in [0, 0.05) is 13.1 Å². The Morgan fingerprint density at radius 2 is 0.768 bits per heavy atom. The number of hydrogen-bond donors (Lipinski definition) is 5. The molecular weight excluding hydrogens is 697 g/mol. The molecule has 56 heavy (non-hydrogen) atoms. The fourth-order valence-electron chi connectivity index (χ4n) is 7.17. The first-order valence-corrected chi connectivity index (χ1v) is 24.2. The first-order chi connectivity index (χ1) is 26.8. The molecule has 5 N–H and O–H groups in total. The maximum Gasteiger partial charge on any atom is 0.407 e. The molecule has 0 aliphatic carbocycles. The number of ether oxygens (including phenoxy) is 1. The zero-order chi connectivity index (χ0) is 42.0. The van der Waals surface area contributed by atoms with E-state index in [4.69, 9.17) is 9.84 Å². The molecule has 0 bridgehead atoms. The molecule has 0 saturated carbocycles. The Balaban J connectivity index is 0. The van der Waals surface area contributed by atoms with Crippen LogP contribution in [0.2, 0.25) is 0 Å². The van der Waals surface area contributed by atoms with Crippen molar-refractivity contribution in [3.05, 3.63) is 0 Å². The van der Waals surface area contributed by atoms with Crippen molar-refractivity contribution >= 4 is 12.2 Å². The van der Waals surface area contributed by atoms with E-state index >= 15 is 0 Å². The van der Waals surface area contributed by atoms with Crippen LogP contribution in [0.15, 0.2) is 0 Å². The molecule has 2 amide bonds. The van der Waals surface area contributed by atoms with Gasteiger partial charge in [0.2, 0.25) is 0 Å². The lowest BCUT2D eigenvalue weighted by Gasteiger charge is -2.31.